The Kier molecular flexibility index (Phi) is 1.81. The third kappa shape index (κ3) is 1.37. The summed E-state index contributed by atoms with van der Waals surface area (Å²) in [6.45, 7) is 1.76. The molecule has 0 aliphatic carbocycles. The van der Waals surface area contributed by atoms with Gasteiger partial charge in [0.1, 0.15) is 4.32 Å². The molecule has 1 saturated heterocycles. The Bertz CT molecular complexity index is 188. The molecule has 0 radical (unpaired) electrons. The molecule has 0 aromatic rings. The highest BCUT2D eigenvalue weighted by atomic mass is 79.9. The molecule has 2 amide bonds. The molecule has 1 aliphatic rings. The van der Waals surface area contributed by atoms with Gasteiger partial charge in [0.05, 0.1) is 0 Å². The third-order valence-electron chi connectivity index (χ3n) is 1.55. The number of halogens is 1. The van der Waals surface area contributed by atoms with E-state index >= 15 is 0 Å². The van der Waals surface area contributed by atoms with Gasteiger partial charge in [-0.2, -0.15) is 0 Å². The van der Waals surface area contributed by atoms with Crippen molar-refractivity contribution in [2.24, 2.45) is 0 Å². The van der Waals surface area contributed by atoms with Crippen molar-refractivity contribution in [2.75, 3.05) is 0 Å². The summed E-state index contributed by atoms with van der Waals surface area (Å²) < 4.78 is -0.541. The van der Waals surface area contributed by atoms with Crippen LogP contribution in [-0.4, -0.2) is 16.1 Å². The lowest BCUT2D eigenvalue weighted by Gasteiger charge is -2.24. The summed E-state index contributed by atoms with van der Waals surface area (Å²) in [6, 6.07) is 0. The van der Waals surface area contributed by atoms with Crippen LogP contribution in [0.25, 0.3) is 0 Å². The maximum atomic E-state index is 10.9. The first-order valence-corrected chi connectivity index (χ1v) is 3.85. The Morgan fingerprint density at radius 1 is 1.60 bits per heavy atom. The van der Waals surface area contributed by atoms with Gasteiger partial charge in [0.15, 0.2) is 0 Å². The van der Waals surface area contributed by atoms with E-state index in [-0.39, 0.29) is 11.8 Å². The number of amides is 2. The summed E-state index contributed by atoms with van der Waals surface area (Å²) in [4.78, 5) is 21.6. The summed E-state index contributed by atoms with van der Waals surface area (Å²) in [7, 11) is 0. The average molecular weight is 206 g/mol. The zero-order valence-electron chi connectivity index (χ0n) is 5.61. The smallest absolute Gasteiger partial charge is 0.243 e. The average Bonchev–Trinajstić information content (AvgIpc) is 1.81. The molecule has 0 spiro atoms. The van der Waals surface area contributed by atoms with E-state index in [2.05, 4.69) is 21.2 Å². The van der Waals surface area contributed by atoms with Crippen molar-refractivity contribution < 1.29 is 9.59 Å². The number of hydrogen-bond donors (Lipinski definition) is 1. The second kappa shape index (κ2) is 2.34. The minimum absolute atomic E-state index is 0.179. The maximum Gasteiger partial charge on any atom is 0.243 e. The van der Waals surface area contributed by atoms with Gasteiger partial charge in [0.2, 0.25) is 11.8 Å². The molecular formula is C6H8BrNO2. The number of nitrogens with one attached hydrogen (secondary N) is 1. The first-order valence-electron chi connectivity index (χ1n) is 3.05. The van der Waals surface area contributed by atoms with Crippen molar-refractivity contribution >= 4 is 27.7 Å². The van der Waals surface area contributed by atoms with Gasteiger partial charge in [-0.15, -0.1) is 0 Å². The first-order chi connectivity index (χ1) is 4.52. The predicted molar refractivity (Wildman–Crippen MR) is 39.7 cm³/mol. The molecule has 0 bridgehead atoms. The van der Waals surface area contributed by atoms with Gasteiger partial charge in [-0.3, -0.25) is 14.9 Å². The van der Waals surface area contributed by atoms with E-state index in [1.807, 2.05) is 0 Å². The van der Waals surface area contributed by atoms with Crippen molar-refractivity contribution in [1.29, 1.82) is 0 Å². The number of hydrogen-bond acceptors (Lipinski definition) is 2. The van der Waals surface area contributed by atoms with Gasteiger partial charge in [0.25, 0.3) is 0 Å². The molecule has 3 nitrogen and oxygen atoms in total. The van der Waals surface area contributed by atoms with E-state index in [4.69, 9.17) is 0 Å². The Morgan fingerprint density at radius 3 is 2.60 bits per heavy atom. The number of imide groups is 1. The van der Waals surface area contributed by atoms with Gasteiger partial charge in [-0.25, -0.2) is 0 Å². The number of carbonyl (C=O) groups excluding carboxylic acids is 2. The molecule has 0 saturated carbocycles. The van der Waals surface area contributed by atoms with Gasteiger partial charge >= 0.3 is 0 Å². The van der Waals surface area contributed by atoms with Gasteiger partial charge in [-0.05, 0) is 13.3 Å². The van der Waals surface area contributed by atoms with Gasteiger partial charge in [-0.1, -0.05) is 15.9 Å². The lowest BCUT2D eigenvalue weighted by molar-refractivity contribution is -0.134. The monoisotopic (exact) mass is 205 g/mol. The Balaban J connectivity index is 2.70. The number of piperidine rings is 1. The van der Waals surface area contributed by atoms with Crippen LogP contribution in [0.5, 0.6) is 0 Å². The van der Waals surface area contributed by atoms with E-state index in [0.29, 0.717) is 12.8 Å². The first kappa shape index (κ1) is 7.72. The van der Waals surface area contributed by atoms with Crippen LogP contribution in [0.3, 0.4) is 0 Å². The van der Waals surface area contributed by atoms with Crippen molar-refractivity contribution in [3.05, 3.63) is 0 Å². The molecular weight excluding hydrogens is 198 g/mol. The highest BCUT2D eigenvalue weighted by Gasteiger charge is 2.35. The normalized spacial score (nSPS) is 33.8. The predicted octanol–water partition coefficient (Wildman–Crippen LogP) is 0.577. The molecule has 10 heavy (non-hydrogen) atoms. The standard InChI is InChI=1S/C6H8BrNO2/c1-6(7)3-2-4(9)8-5(6)10/h2-3H2,1H3,(H,8,9,10). The van der Waals surface area contributed by atoms with Crippen LogP contribution >= 0.6 is 15.9 Å². The fraction of sp³-hybridized carbons (Fsp3) is 0.667. The maximum absolute atomic E-state index is 10.9. The lowest BCUT2D eigenvalue weighted by Crippen LogP contribution is -2.48. The van der Waals surface area contributed by atoms with Crippen molar-refractivity contribution in [3.8, 4) is 0 Å². The van der Waals surface area contributed by atoms with Gasteiger partial charge < -0.3 is 0 Å². The van der Waals surface area contributed by atoms with Crippen LogP contribution in [-0.2, 0) is 9.59 Å². The molecule has 1 unspecified atom stereocenters. The van der Waals surface area contributed by atoms with Crippen LogP contribution in [0.1, 0.15) is 19.8 Å². The zero-order chi connectivity index (χ0) is 7.78. The molecule has 1 fully saturated rings. The molecule has 4 heteroatoms. The highest BCUT2D eigenvalue weighted by molar-refractivity contribution is 9.10. The number of rotatable bonds is 0. The zero-order valence-corrected chi connectivity index (χ0v) is 7.19. The van der Waals surface area contributed by atoms with Crippen LogP contribution < -0.4 is 5.32 Å². The lowest BCUT2D eigenvalue weighted by atomic mass is 10.0. The largest absolute Gasteiger partial charge is 0.295 e. The van der Waals surface area contributed by atoms with Crippen LogP contribution in [0, 0.1) is 0 Å². The quantitative estimate of drug-likeness (QED) is 0.465. The summed E-state index contributed by atoms with van der Waals surface area (Å²) in [5.41, 5.74) is 0. The fourth-order valence-electron chi connectivity index (χ4n) is 0.781. The van der Waals surface area contributed by atoms with E-state index < -0.39 is 4.32 Å². The molecule has 0 aromatic carbocycles. The van der Waals surface area contributed by atoms with Gasteiger partial charge in [0, 0.05) is 6.42 Å². The Morgan fingerprint density at radius 2 is 2.20 bits per heavy atom. The molecule has 0 aromatic heterocycles. The van der Waals surface area contributed by atoms with E-state index in [1.54, 1.807) is 6.92 Å². The van der Waals surface area contributed by atoms with Crippen LogP contribution in [0.4, 0.5) is 0 Å². The summed E-state index contributed by atoms with van der Waals surface area (Å²) in [5, 5.41) is 2.24. The number of carbonyl (C=O) groups is 2. The summed E-state index contributed by atoms with van der Waals surface area (Å²) in [6.07, 6.45) is 1.01. The van der Waals surface area contributed by atoms with Crippen molar-refractivity contribution in [3.63, 3.8) is 0 Å². The molecule has 1 atom stereocenters. The van der Waals surface area contributed by atoms with E-state index in [1.165, 1.54) is 0 Å². The minimum Gasteiger partial charge on any atom is -0.295 e. The fourth-order valence-corrected chi connectivity index (χ4v) is 1.08. The highest BCUT2D eigenvalue weighted by Crippen LogP contribution is 2.26. The summed E-state index contributed by atoms with van der Waals surface area (Å²) >= 11 is 3.22. The molecule has 1 aliphatic heterocycles. The third-order valence-corrected chi connectivity index (χ3v) is 2.30. The van der Waals surface area contributed by atoms with Crippen molar-refractivity contribution in [2.45, 2.75) is 24.1 Å². The van der Waals surface area contributed by atoms with E-state index in [9.17, 15) is 9.59 Å². The number of alkyl halides is 1. The minimum atomic E-state index is -0.541. The Hall–Kier alpha value is -0.380. The summed E-state index contributed by atoms with van der Waals surface area (Å²) in [5.74, 6) is -0.411. The second-order valence-corrected chi connectivity index (χ2v) is 4.32. The molecule has 56 valence electrons. The SMILES string of the molecule is CC1(Br)CCC(=O)NC1=O. The van der Waals surface area contributed by atoms with Crippen LogP contribution in [0.15, 0.2) is 0 Å². The molecule has 1 N–H and O–H groups in total. The molecule has 1 rings (SSSR count). The van der Waals surface area contributed by atoms with Crippen molar-refractivity contribution in [1.82, 2.24) is 5.32 Å². The van der Waals surface area contributed by atoms with E-state index in [0.717, 1.165) is 0 Å². The van der Waals surface area contributed by atoms with Crippen LogP contribution in [0.2, 0.25) is 0 Å². The topological polar surface area (TPSA) is 46.2 Å². The Labute approximate surface area is 67.3 Å². The molecule has 1 heterocycles. The second-order valence-electron chi connectivity index (χ2n) is 2.57.